The van der Waals surface area contributed by atoms with Crippen LogP contribution in [0.4, 0.5) is 5.69 Å². The van der Waals surface area contributed by atoms with Crippen LogP contribution < -0.4 is 5.32 Å². The molecule has 2 bridgehead atoms. The van der Waals surface area contributed by atoms with Crippen LogP contribution in [0.3, 0.4) is 0 Å². The van der Waals surface area contributed by atoms with Gasteiger partial charge in [-0.3, -0.25) is 24.1 Å². The van der Waals surface area contributed by atoms with Crippen molar-refractivity contribution < 1.29 is 23.9 Å². The maximum atomic E-state index is 13.6. The number of imide groups is 1. The third-order valence-electron chi connectivity index (χ3n) is 7.73. The zero-order valence-electron chi connectivity index (χ0n) is 20.2. The molecule has 3 amide bonds. The summed E-state index contributed by atoms with van der Waals surface area (Å²) < 4.78 is 5.83. The zero-order chi connectivity index (χ0) is 26.7. The second-order valence-electron chi connectivity index (χ2n) is 9.82. The number of rotatable bonds is 5. The van der Waals surface area contributed by atoms with Gasteiger partial charge in [-0.25, -0.2) is 0 Å². The lowest BCUT2D eigenvalue weighted by Gasteiger charge is -2.45. The number of halogens is 2. The molecule has 0 radical (unpaired) electrons. The van der Waals surface area contributed by atoms with Crippen LogP contribution in [0.1, 0.15) is 39.7 Å². The molecule has 7 rings (SSSR count). The predicted molar refractivity (Wildman–Crippen MR) is 144 cm³/mol. The standard InChI is InChI=1S/C29H22BrClN2O5/c1-14-10-19(30)20(31)11-21(14)32-22(34)13-38-23(35)12-33-28(36)26-24-15-6-2-3-7-16(15)25(27(26)29(33)37)18-9-5-4-8-17(18)24/h2-11,24-27H,12-13H2,1H3,(H,32,34)/t24?,25?,26-,27-/m0/s1. The first kappa shape index (κ1) is 24.8. The number of carbonyl (C=O) groups excluding carboxylic acids is 4. The second-order valence-corrected chi connectivity index (χ2v) is 11.1. The van der Waals surface area contributed by atoms with Gasteiger partial charge in [-0.2, -0.15) is 0 Å². The van der Waals surface area contributed by atoms with E-state index in [0.29, 0.717) is 15.2 Å². The lowest BCUT2D eigenvalue weighted by molar-refractivity contribution is -0.154. The van der Waals surface area contributed by atoms with Crippen LogP contribution in [0.2, 0.25) is 5.02 Å². The summed E-state index contributed by atoms with van der Waals surface area (Å²) in [5.74, 6) is -3.77. The van der Waals surface area contributed by atoms with Crippen LogP contribution in [0.15, 0.2) is 65.1 Å². The van der Waals surface area contributed by atoms with Crippen molar-refractivity contribution in [3.8, 4) is 0 Å². The summed E-state index contributed by atoms with van der Waals surface area (Å²) >= 11 is 9.43. The molecule has 1 saturated heterocycles. The summed E-state index contributed by atoms with van der Waals surface area (Å²) in [5, 5.41) is 3.08. The molecule has 192 valence electrons. The molecule has 0 aromatic heterocycles. The number of anilines is 1. The van der Waals surface area contributed by atoms with Crippen LogP contribution in [0.5, 0.6) is 0 Å². The fourth-order valence-corrected chi connectivity index (χ4v) is 6.80. The molecule has 1 fully saturated rings. The molecule has 0 unspecified atom stereocenters. The summed E-state index contributed by atoms with van der Waals surface area (Å²) in [4.78, 5) is 53.2. The summed E-state index contributed by atoms with van der Waals surface area (Å²) in [6.07, 6.45) is 0. The highest BCUT2D eigenvalue weighted by atomic mass is 79.9. The highest BCUT2D eigenvalue weighted by Gasteiger charge is 2.61. The van der Waals surface area contributed by atoms with Gasteiger partial charge >= 0.3 is 5.97 Å². The van der Waals surface area contributed by atoms with Crippen LogP contribution in [0.25, 0.3) is 0 Å². The van der Waals surface area contributed by atoms with E-state index in [4.69, 9.17) is 16.3 Å². The summed E-state index contributed by atoms with van der Waals surface area (Å²) in [7, 11) is 0. The zero-order valence-corrected chi connectivity index (χ0v) is 22.6. The Hall–Kier alpha value is -3.49. The third-order valence-corrected chi connectivity index (χ3v) is 8.93. The van der Waals surface area contributed by atoms with E-state index in [0.717, 1.165) is 32.7 Å². The normalized spacial score (nSPS) is 22.6. The lowest BCUT2D eigenvalue weighted by atomic mass is 9.55. The van der Waals surface area contributed by atoms with E-state index < -0.39 is 36.9 Å². The number of carbonyl (C=O) groups is 4. The number of aryl methyl sites for hydroxylation is 1. The molecule has 38 heavy (non-hydrogen) atoms. The van der Waals surface area contributed by atoms with Gasteiger partial charge in [-0.1, -0.05) is 60.1 Å². The number of nitrogens with one attached hydrogen (secondary N) is 1. The number of benzene rings is 3. The van der Waals surface area contributed by atoms with Crippen molar-refractivity contribution in [2.45, 2.75) is 18.8 Å². The molecule has 3 aromatic carbocycles. The average Bonchev–Trinajstić information content (AvgIpc) is 3.16. The first-order chi connectivity index (χ1) is 18.3. The minimum absolute atomic E-state index is 0.248. The van der Waals surface area contributed by atoms with E-state index >= 15 is 0 Å². The molecular formula is C29H22BrClN2O5. The smallest absolute Gasteiger partial charge is 0.326 e. The molecule has 1 heterocycles. The van der Waals surface area contributed by atoms with E-state index in [9.17, 15) is 19.2 Å². The number of nitrogens with zero attached hydrogens (tertiary/aromatic N) is 1. The van der Waals surface area contributed by atoms with E-state index in [1.165, 1.54) is 0 Å². The average molecular weight is 594 g/mol. The second kappa shape index (κ2) is 9.36. The van der Waals surface area contributed by atoms with Gasteiger partial charge in [0.05, 0.1) is 16.9 Å². The summed E-state index contributed by atoms with van der Waals surface area (Å²) in [6.45, 7) is 0.709. The van der Waals surface area contributed by atoms with Gasteiger partial charge in [0.2, 0.25) is 11.8 Å². The van der Waals surface area contributed by atoms with E-state index in [2.05, 4.69) is 21.2 Å². The highest BCUT2D eigenvalue weighted by Crippen LogP contribution is 2.60. The van der Waals surface area contributed by atoms with Crippen molar-refractivity contribution in [2.75, 3.05) is 18.5 Å². The largest absolute Gasteiger partial charge is 0.454 e. The number of ether oxygens (including phenoxy) is 1. The fraction of sp³-hybridized carbons (Fsp3) is 0.241. The lowest BCUT2D eigenvalue weighted by Crippen LogP contribution is -2.41. The van der Waals surface area contributed by atoms with Gasteiger partial charge in [0.15, 0.2) is 6.61 Å². The minimum Gasteiger partial charge on any atom is -0.454 e. The van der Waals surface area contributed by atoms with Gasteiger partial charge in [-0.05, 0) is 62.8 Å². The number of likely N-dealkylation sites (tertiary alicyclic amines) is 1. The monoisotopic (exact) mass is 592 g/mol. The Kier molecular flexibility index (Phi) is 6.12. The molecule has 3 aromatic rings. The topological polar surface area (TPSA) is 92.8 Å². The summed E-state index contributed by atoms with van der Waals surface area (Å²) in [5.41, 5.74) is 5.49. The van der Waals surface area contributed by atoms with Gasteiger partial charge in [0.1, 0.15) is 6.54 Å². The Balaban J connectivity index is 1.17. The first-order valence-corrected chi connectivity index (χ1v) is 13.4. The van der Waals surface area contributed by atoms with Gasteiger partial charge in [0, 0.05) is 22.0 Å². The van der Waals surface area contributed by atoms with Crippen LogP contribution >= 0.6 is 27.5 Å². The van der Waals surface area contributed by atoms with E-state index in [-0.39, 0.29) is 23.7 Å². The number of amides is 3. The van der Waals surface area contributed by atoms with Crippen LogP contribution in [-0.4, -0.2) is 41.7 Å². The predicted octanol–water partition coefficient (Wildman–Crippen LogP) is 4.78. The Bertz CT molecular complexity index is 1420. The van der Waals surface area contributed by atoms with E-state index in [1.54, 1.807) is 19.1 Å². The first-order valence-electron chi connectivity index (χ1n) is 12.2. The maximum Gasteiger partial charge on any atom is 0.326 e. The Morgan fingerprint density at radius 3 is 1.92 bits per heavy atom. The molecule has 0 saturated carbocycles. The highest BCUT2D eigenvalue weighted by molar-refractivity contribution is 9.10. The van der Waals surface area contributed by atoms with Crippen molar-refractivity contribution in [3.63, 3.8) is 0 Å². The summed E-state index contributed by atoms with van der Waals surface area (Å²) in [6, 6.07) is 19.2. The molecule has 9 heteroatoms. The molecule has 1 aliphatic heterocycles. The Morgan fingerprint density at radius 2 is 1.42 bits per heavy atom. The van der Waals surface area contributed by atoms with Gasteiger partial charge in [0.25, 0.3) is 5.91 Å². The van der Waals surface area contributed by atoms with Crippen molar-refractivity contribution in [1.29, 1.82) is 0 Å². The van der Waals surface area contributed by atoms with Gasteiger partial charge in [-0.15, -0.1) is 0 Å². The van der Waals surface area contributed by atoms with Crippen molar-refractivity contribution in [2.24, 2.45) is 11.8 Å². The van der Waals surface area contributed by atoms with Crippen LogP contribution in [-0.2, 0) is 23.9 Å². The number of esters is 1. The molecule has 4 aliphatic rings. The maximum absolute atomic E-state index is 13.6. The van der Waals surface area contributed by atoms with Crippen molar-refractivity contribution >= 4 is 56.9 Å². The Labute approximate surface area is 232 Å². The Morgan fingerprint density at radius 1 is 0.921 bits per heavy atom. The molecule has 1 N–H and O–H groups in total. The van der Waals surface area contributed by atoms with Crippen molar-refractivity contribution in [1.82, 2.24) is 4.90 Å². The minimum atomic E-state index is -0.826. The molecule has 7 nitrogen and oxygen atoms in total. The third kappa shape index (κ3) is 3.85. The van der Waals surface area contributed by atoms with Gasteiger partial charge < -0.3 is 10.1 Å². The fourth-order valence-electron chi connectivity index (χ4n) is 6.18. The number of hydrogen-bond donors (Lipinski definition) is 1. The van der Waals surface area contributed by atoms with Crippen LogP contribution in [0, 0.1) is 18.8 Å². The molecule has 2 atom stereocenters. The molecular weight excluding hydrogens is 572 g/mol. The SMILES string of the molecule is Cc1cc(Br)c(Cl)cc1NC(=O)COC(=O)CN1C(=O)[C@H]2C3c4ccccc4C(c4ccccc43)[C@@H]2C1=O. The van der Waals surface area contributed by atoms with Crippen molar-refractivity contribution in [3.05, 3.63) is 98.0 Å². The number of hydrogen-bond acceptors (Lipinski definition) is 5. The van der Waals surface area contributed by atoms with E-state index in [1.807, 2.05) is 48.5 Å². The molecule has 0 spiro atoms. The molecule has 3 aliphatic carbocycles. The quantitative estimate of drug-likeness (QED) is 0.339.